The van der Waals surface area contributed by atoms with Gasteiger partial charge in [-0.15, -0.1) is 0 Å². The molecule has 0 amide bonds. The lowest BCUT2D eigenvalue weighted by Crippen LogP contribution is -2.40. The number of hydrogen-bond acceptors (Lipinski definition) is 3. The highest BCUT2D eigenvalue weighted by Crippen LogP contribution is 2.26. The highest BCUT2D eigenvalue weighted by molar-refractivity contribution is 7.80. The van der Waals surface area contributed by atoms with Gasteiger partial charge in [-0.2, -0.15) is 0 Å². The number of benzene rings is 1. The molecule has 110 valence electrons. The molecule has 1 saturated heterocycles. The summed E-state index contributed by atoms with van der Waals surface area (Å²) < 4.78 is 19.2. The molecule has 2 rings (SSSR count). The van der Waals surface area contributed by atoms with Crippen molar-refractivity contribution in [3.05, 3.63) is 29.6 Å². The maximum atomic E-state index is 13.4. The van der Waals surface area contributed by atoms with E-state index in [1.807, 2.05) is 0 Å². The van der Waals surface area contributed by atoms with Crippen LogP contribution in [0.25, 0.3) is 0 Å². The summed E-state index contributed by atoms with van der Waals surface area (Å²) in [6.45, 7) is 4.62. The van der Waals surface area contributed by atoms with Crippen LogP contribution in [0.3, 0.4) is 0 Å². The SMILES string of the molecule is CCCOC1CCCN(c2ccc(F)cc2C(N)=S)C1. The number of thiocarbonyl (C=S) groups is 1. The summed E-state index contributed by atoms with van der Waals surface area (Å²) in [5.41, 5.74) is 7.23. The molecule has 0 radical (unpaired) electrons. The normalized spacial score (nSPS) is 19.1. The lowest BCUT2D eigenvalue weighted by Gasteiger charge is -2.35. The van der Waals surface area contributed by atoms with E-state index in [1.54, 1.807) is 6.07 Å². The lowest BCUT2D eigenvalue weighted by atomic mass is 10.0. The minimum atomic E-state index is -0.313. The summed E-state index contributed by atoms with van der Waals surface area (Å²) >= 11 is 5.03. The maximum Gasteiger partial charge on any atom is 0.124 e. The second kappa shape index (κ2) is 6.99. The molecule has 1 aliphatic rings. The van der Waals surface area contributed by atoms with Crippen molar-refractivity contribution in [1.29, 1.82) is 0 Å². The van der Waals surface area contributed by atoms with Crippen molar-refractivity contribution >= 4 is 22.9 Å². The minimum absolute atomic E-state index is 0.230. The van der Waals surface area contributed by atoms with E-state index >= 15 is 0 Å². The number of halogens is 1. The topological polar surface area (TPSA) is 38.5 Å². The zero-order valence-corrected chi connectivity index (χ0v) is 12.6. The number of ether oxygens (including phenoxy) is 1. The van der Waals surface area contributed by atoms with E-state index in [0.29, 0.717) is 5.56 Å². The van der Waals surface area contributed by atoms with Gasteiger partial charge in [-0.25, -0.2) is 4.39 Å². The number of anilines is 1. The van der Waals surface area contributed by atoms with Gasteiger partial charge in [-0.3, -0.25) is 0 Å². The summed E-state index contributed by atoms with van der Waals surface area (Å²) in [7, 11) is 0. The van der Waals surface area contributed by atoms with Gasteiger partial charge < -0.3 is 15.4 Å². The monoisotopic (exact) mass is 296 g/mol. The Morgan fingerprint density at radius 3 is 3.05 bits per heavy atom. The number of nitrogens with zero attached hydrogens (tertiary/aromatic N) is 1. The van der Waals surface area contributed by atoms with Crippen molar-refractivity contribution in [1.82, 2.24) is 0 Å². The predicted octanol–water partition coefficient (Wildman–Crippen LogP) is 2.86. The zero-order valence-electron chi connectivity index (χ0n) is 11.8. The average molecular weight is 296 g/mol. The molecule has 5 heteroatoms. The number of hydrogen-bond donors (Lipinski definition) is 1. The third-order valence-corrected chi connectivity index (χ3v) is 3.72. The fourth-order valence-corrected chi connectivity index (χ4v) is 2.72. The molecular weight excluding hydrogens is 275 g/mol. The fraction of sp³-hybridized carbons (Fsp3) is 0.533. The van der Waals surface area contributed by atoms with E-state index in [4.69, 9.17) is 22.7 Å². The summed E-state index contributed by atoms with van der Waals surface area (Å²) in [4.78, 5) is 2.42. The smallest absolute Gasteiger partial charge is 0.124 e. The summed E-state index contributed by atoms with van der Waals surface area (Å²) in [5, 5.41) is 0. The van der Waals surface area contributed by atoms with E-state index in [1.165, 1.54) is 12.1 Å². The molecule has 1 fully saturated rings. The molecular formula is C15H21FN2OS. The lowest BCUT2D eigenvalue weighted by molar-refractivity contribution is 0.0440. The van der Waals surface area contributed by atoms with Crippen LogP contribution >= 0.6 is 12.2 Å². The number of nitrogens with two attached hydrogens (primary N) is 1. The highest BCUT2D eigenvalue weighted by Gasteiger charge is 2.22. The first-order valence-electron chi connectivity index (χ1n) is 7.07. The van der Waals surface area contributed by atoms with E-state index in [2.05, 4.69) is 11.8 Å². The Morgan fingerprint density at radius 1 is 1.55 bits per heavy atom. The van der Waals surface area contributed by atoms with Crippen LogP contribution in [0.1, 0.15) is 31.7 Å². The van der Waals surface area contributed by atoms with Crippen LogP contribution < -0.4 is 10.6 Å². The first-order chi connectivity index (χ1) is 9.61. The van der Waals surface area contributed by atoms with Gasteiger partial charge in [-0.1, -0.05) is 19.1 Å². The molecule has 0 aromatic heterocycles. The van der Waals surface area contributed by atoms with Crippen molar-refractivity contribution in [3.63, 3.8) is 0 Å². The van der Waals surface area contributed by atoms with Crippen molar-refractivity contribution in [2.24, 2.45) is 5.73 Å². The molecule has 1 aliphatic heterocycles. The van der Waals surface area contributed by atoms with Gasteiger partial charge in [0.25, 0.3) is 0 Å². The molecule has 0 spiro atoms. The summed E-state index contributed by atoms with van der Waals surface area (Å²) in [5.74, 6) is -0.313. The second-order valence-electron chi connectivity index (χ2n) is 5.11. The first-order valence-corrected chi connectivity index (χ1v) is 7.48. The van der Waals surface area contributed by atoms with Gasteiger partial charge >= 0.3 is 0 Å². The van der Waals surface area contributed by atoms with E-state index in [0.717, 1.165) is 44.6 Å². The molecule has 1 atom stereocenters. The zero-order chi connectivity index (χ0) is 14.5. The Bertz CT molecular complexity index is 481. The van der Waals surface area contributed by atoms with Gasteiger partial charge in [-0.05, 0) is 37.5 Å². The quantitative estimate of drug-likeness (QED) is 0.848. The largest absolute Gasteiger partial charge is 0.389 e. The van der Waals surface area contributed by atoms with Crippen LogP contribution in [0.4, 0.5) is 10.1 Å². The van der Waals surface area contributed by atoms with Crippen LogP contribution in [0.5, 0.6) is 0 Å². The fourth-order valence-electron chi connectivity index (χ4n) is 2.56. The number of piperidine rings is 1. The Labute approximate surface area is 124 Å². The predicted molar refractivity (Wildman–Crippen MR) is 83.8 cm³/mol. The van der Waals surface area contributed by atoms with E-state index in [-0.39, 0.29) is 16.9 Å². The summed E-state index contributed by atoms with van der Waals surface area (Å²) in [6.07, 6.45) is 3.38. The molecule has 1 unspecified atom stereocenters. The molecule has 1 aromatic carbocycles. The van der Waals surface area contributed by atoms with Crippen LogP contribution in [-0.2, 0) is 4.74 Å². The van der Waals surface area contributed by atoms with Crippen LogP contribution in [0.15, 0.2) is 18.2 Å². The third kappa shape index (κ3) is 3.67. The standard InChI is InChI=1S/C15H21FN2OS/c1-2-8-19-12-4-3-7-18(10-12)14-6-5-11(16)9-13(14)15(17)20/h5-6,9,12H,2-4,7-8,10H2,1H3,(H2,17,20). The van der Waals surface area contributed by atoms with Gasteiger partial charge in [0.1, 0.15) is 10.8 Å². The van der Waals surface area contributed by atoms with Gasteiger partial charge in [0.05, 0.1) is 6.10 Å². The van der Waals surface area contributed by atoms with Crippen LogP contribution in [0.2, 0.25) is 0 Å². The first kappa shape index (κ1) is 15.2. The van der Waals surface area contributed by atoms with Crippen LogP contribution in [0, 0.1) is 5.82 Å². The number of rotatable bonds is 5. The molecule has 1 heterocycles. The average Bonchev–Trinajstić information content (AvgIpc) is 2.45. The van der Waals surface area contributed by atoms with Crippen molar-refractivity contribution in [2.45, 2.75) is 32.3 Å². The Hall–Kier alpha value is -1.20. The molecule has 0 aliphatic carbocycles. The highest BCUT2D eigenvalue weighted by atomic mass is 32.1. The Morgan fingerprint density at radius 2 is 2.35 bits per heavy atom. The minimum Gasteiger partial charge on any atom is -0.389 e. The van der Waals surface area contributed by atoms with Gasteiger partial charge in [0, 0.05) is 30.9 Å². The van der Waals surface area contributed by atoms with Crippen molar-refractivity contribution in [3.8, 4) is 0 Å². The molecule has 3 nitrogen and oxygen atoms in total. The molecule has 20 heavy (non-hydrogen) atoms. The molecule has 0 saturated carbocycles. The second-order valence-corrected chi connectivity index (χ2v) is 5.55. The summed E-state index contributed by atoms with van der Waals surface area (Å²) in [6, 6.07) is 4.62. The van der Waals surface area contributed by atoms with Crippen LogP contribution in [-0.4, -0.2) is 30.8 Å². The third-order valence-electron chi connectivity index (χ3n) is 3.50. The Balaban J connectivity index is 2.16. The van der Waals surface area contributed by atoms with E-state index in [9.17, 15) is 4.39 Å². The van der Waals surface area contributed by atoms with E-state index < -0.39 is 0 Å². The van der Waals surface area contributed by atoms with Crippen molar-refractivity contribution < 1.29 is 9.13 Å². The Kier molecular flexibility index (Phi) is 5.31. The van der Waals surface area contributed by atoms with Gasteiger partial charge in [0.15, 0.2) is 0 Å². The maximum absolute atomic E-state index is 13.4. The molecule has 0 bridgehead atoms. The van der Waals surface area contributed by atoms with Crippen molar-refractivity contribution in [2.75, 3.05) is 24.6 Å². The molecule has 2 N–H and O–H groups in total. The van der Waals surface area contributed by atoms with Gasteiger partial charge in [0.2, 0.25) is 0 Å². The molecule has 1 aromatic rings.